The van der Waals surface area contributed by atoms with Gasteiger partial charge < -0.3 is 15.8 Å². The van der Waals surface area contributed by atoms with Crippen LogP contribution in [0.2, 0.25) is 0 Å². The summed E-state index contributed by atoms with van der Waals surface area (Å²) in [6, 6.07) is 0. The summed E-state index contributed by atoms with van der Waals surface area (Å²) in [6.45, 7) is 5.80. The lowest BCUT2D eigenvalue weighted by molar-refractivity contribution is -0.133. The van der Waals surface area contributed by atoms with Crippen LogP contribution in [0.15, 0.2) is 5.16 Å². The van der Waals surface area contributed by atoms with Crippen LogP contribution in [0.4, 0.5) is 0 Å². The molecule has 2 atom stereocenters. The van der Waals surface area contributed by atoms with Gasteiger partial charge in [-0.3, -0.25) is 4.79 Å². The van der Waals surface area contributed by atoms with Crippen molar-refractivity contribution in [1.82, 2.24) is 4.90 Å². The Morgan fingerprint density at radius 2 is 2.22 bits per heavy atom. The monoisotopic (exact) mass is 255 g/mol. The van der Waals surface area contributed by atoms with Crippen LogP contribution in [-0.2, 0) is 4.79 Å². The van der Waals surface area contributed by atoms with Crippen molar-refractivity contribution in [2.24, 2.45) is 22.7 Å². The Morgan fingerprint density at radius 1 is 1.50 bits per heavy atom. The number of hydrogen-bond donors (Lipinski definition) is 2. The third-order valence-corrected chi connectivity index (χ3v) is 3.68. The molecule has 0 aromatic carbocycles. The molecule has 0 aromatic rings. The Kier molecular flexibility index (Phi) is 5.95. The molecule has 104 valence electrons. The van der Waals surface area contributed by atoms with Crippen LogP contribution in [0.1, 0.15) is 46.0 Å². The highest BCUT2D eigenvalue weighted by Gasteiger charge is 2.28. The normalized spacial score (nSPS) is 23.6. The highest BCUT2D eigenvalue weighted by atomic mass is 16.4. The van der Waals surface area contributed by atoms with Gasteiger partial charge in [0.05, 0.1) is 5.92 Å². The van der Waals surface area contributed by atoms with Crippen molar-refractivity contribution in [2.45, 2.75) is 46.0 Å². The van der Waals surface area contributed by atoms with E-state index in [9.17, 15) is 4.79 Å². The van der Waals surface area contributed by atoms with E-state index in [1.165, 1.54) is 6.42 Å². The summed E-state index contributed by atoms with van der Waals surface area (Å²) in [5.74, 6) is 0.269. The molecular weight excluding hydrogens is 230 g/mol. The molecule has 0 bridgehead atoms. The van der Waals surface area contributed by atoms with Crippen LogP contribution in [0.25, 0.3) is 0 Å². The number of nitrogens with zero attached hydrogens (tertiary/aromatic N) is 2. The zero-order valence-corrected chi connectivity index (χ0v) is 11.4. The van der Waals surface area contributed by atoms with Crippen LogP contribution < -0.4 is 5.73 Å². The average molecular weight is 255 g/mol. The Hall–Kier alpha value is -1.26. The molecule has 1 saturated heterocycles. The molecule has 3 N–H and O–H groups in total. The van der Waals surface area contributed by atoms with Crippen LogP contribution in [0.3, 0.4) is 0 Å². The van der Waals surface area contributed by atoms with Gasteiger partial charge in [-0.15, -0.1) is 0 Å². The third-order valence-electron chi connectivity index (χ3n) is 3.68. The minimum Gasteiger partial charge on any atom is -0.409 e. The van der Waals surface area contributed by atoms with E-state index in [1.54, 1.807) is 0 Å². The molecule has 1 aliphatic rings. The van der Waals surface area contributed by atoms with E-state index < -0.39 is 5.92 Å². The number of rotatable bonds is 4. The zero-order chi connectivity index (χ0) is 13.5. The molecule has 2 unspecified atom stereocenters. The molecule has 18 heavy (non-hydrogen) atoms. The summed E-state index contributed by atoms with van der Waals surface area (Å²) in [5, 5.41) is 11.8. The maximum atomic E-state index is 12.4. The Labute approximate surface area is 109 Å². The van der Waals surface area contributed by atoms with E-state index in [2.05, 4.69) is 12.1 Å². The first kappa shape index (κ1) is 14.8. The second-order valence-electron chi connectivity index (χ2n) is 5.23. The summed E-state index contributed by atoms with van der Waals surface area (Å²) in [4.78, 5) is 14.3. The Morgan fingerprint density at radius 3 is 2.83 bits per heavy atom. The highest BCUT2D eigenvalue weighted by molar-refractivity contribution is 6.02. The first-order valence-corrected chi connectivity index (χ1v) is 6.86. The Balaban J connectivity index is 2.69. The molecule has 5 nitrogen and oxygen atoms in total. The molecule has 0 radical (unpaired) electrons. The first-order valence-electron chi connectivity index (χ1n) is 6.86. The van der Waals surface area contributed by atoms with Gasteiger partial charge in [0.15, 0.2) is 5.84 Å². The minimum absolute atomic E-state index is 0.0150. The van der Waals surface area contributed by atoms with Gasteiger partial charge in [-0.25, -0.2) is 0 Å². The number of likely N-dealkylation sites (tertiary alicyclic amines) is 1. The van der Waals surface area contributed by atoms with Crippen LogP contribution >= 0.6 is 0 Å². The van der Waals surface area contributed by atoms with Crippen molar-refractivity contribution in [3.63, 3.8) is 0 Å². The molecule has 1 heterocycles. The topological polar surface area (TPSA) is 78.9 Å². The van der Waals surface area contributed by atoms with Crippen molar-refractivity contribution < 1.29 is 10.0 Å². The van der Waals surface area contributed by atoms with Crippen molar-refractivity contribution in [3.8, 4) is 0 Å². The number of carbonyl (C=O) groups is 1. The van der Waals surface area contributed by atoms with E-state index in [4.69, 9.17) is 10.9 Å². The van der Waals surface area contributed by atoms with Crippen LogP contribution in [-0.4, -0.2) is 34.9 Å². The second-order valence-corrected chi connectivity index (χ2v) is 5.23. The fraction of sp³-hybridized carbons (Fsp3) is 0.846. The molecule has 5 heteroatoms. The second kappa shape index (κ2) is 7.24. The van der Waals surface area contributed by atoms with E-state index >= 15 is 0 Å². The van der Waals surface area contributed by atoms with E-state index in [0.29, 0.717) is 12.3 Å². The molecular formula is C13H25N3O2. The molecule has 0 saturated carbocycles. The van der Waals surface area contributed by atoms with Gasteiger partial charge in [0.25, 0.3) is 0 Å². The number of carbonyl (C=O) groups excluding carboxylic acids is 1. The van der Waals surface area contributed by atoms with Crippen molar-refractivity contribution in [3.05, 3.63) is 0 Å². The van der Waals surface area contributed by atoms with Gasteiger partial charge in [0.1, 0.15) is 0 Å². The SMILES string of the molecule is CCCC(C(=O)N1CCCC(C)CC1)C(N)=NO. The molecule has 1 fully saturated rings. The average Bonchev–Trinajstić information content (AvgIpc) is 2.59. The number of amides is 1. The summed E-state index contributed by atoms with van der Waals surface area (Å²) in [6.07, 6.45) is 4.74. The number of amidine groups is 1. The molecule has 0 aliphatic carbocycles. The van der Waals surface area contributed by atoms with Crippen LogP contribution in [0, 0.1) is 11.8 Å². The van der Waals surface area contributed by atoms with Crippen molar-refractivity contribution >= 4 is 11.7 Å². The van der Waals surface area contributed by atoms with Crippen molar-refractivity contribution in [1.29, 1.82) is 0 Å². The van der Waals surface area contributed by atoms with E-state index in [1.807, 2.05) is 11.8 Å². The highest BCUT2D eigenvalue weighted by Crippen LogP contribution is 2.19. The first-order chi connectivity index (χ1) is 8.60. The fourth-order valence-corrected chi connectivity index (χ4v) is 2.46. The maximum absolute atomic E-state index is 12.4. The van der Waals surface area contributed by atoms with Crippen LogP contribution in [0.5, 0.6) is 0 Å². The summed E-state index contributed by atoms with van der Waals surface area (Å²) in [5.41, 5.74) is 5.63. The lowest BCUT2D eigenvalue weighted by atomic mass is 10.0. The summed E-state index contributed by atoms with van der Waals surface area (Å²) in [7, 11) is 0. The summed E-state index contributed by atoms with van der Waals surface area (Å²) < 4.78 is 0. The predicted molar refractivity (Wildman–Crippen MR) is 71.4 cm³/mol. The lowest BCUT2D eigenvalue weighted by Gasteiger charge is -2.25. The Bertz CT molecular complexity index is 305. The number of oxime groups is 1. The summed E-state index contributed by atoms with van der Waals surface area (Å²) >= 11 is 0. The standard InChI is InChI=1S/C13H25N3O2/c1-3-5-11(12(14)15-18)13(17)16-8-4-6-10(2)7-9-16/h10-11,18H,3-9H2,1-2H3,(H2,14,15). The lowest BCUT2D eigenvalue weighted by Crippen LogP contribution is -2.42. The van der Waals surface area contributed by atoms with E-state index in [-0.39, 0.29) is 11.7 Å². The van der Waals surface area contributed by atoms with Gasteiger partial charge in [-0.05, 0) is 31.6 Å². The van der Waals surface area contributed by atoms with E-state index in [0.717, 1.165) is 32.4 Å². The predicted octanol–water partition coefficient (Wildman–Crippen LogP) is 1.80. The largest absolute Gasteiger partial charge is 0.409 e. The number of hydrogen-bond acceptors (Lipinski definition) is 3. The maximum Gasteiger partial charge on any atom is 0.233 e. The third kappa shape index (κ3) is 3.89. The van der Waals surface area contributed by atoms with Crippen molar-refractivity contribution in [2.75, 3.05) is 13.1 Å². The molecule has 1 rings (SSSR count). The van der Waals surface area contributed by atoms with Gasteiger partial charge in [0.2, 0.25) is 5.91 Å². The van der Waals surface area contributed by atoms with Gasteiger partial charge >= 0.3 is 0 Å². The number of nitrogens with two attached hydrogens (primary N) is 1. The molecule has 1 amide bonds. The molecule has 0 spiro atoms. The van der Waals surface area contributed by atoms with Gasteiger partial charge in [0, 0.05) is 13.1 Å². The quantitative estimate of drug-likeness (QED) is 0.348. The zero-order valence-electron chi connectivity index (χ0n) is 11.4. The van der Waals surface area contributed by atoms with Gasteiger partial charge in [-0.2, -0.15) is 0 Å². The fourth-order valence-electron chi connectivity index (χ4n) is 2.46. The molecule has 1 aliphatic heterocycles. The smallest absolute Gasteiger partial charge is 0.233 e. The van der Waals surface area contributed by atoms with Gasteiger partial charge in [-0.1, -0.05) is 25.4 Å². The minimum atomic E-state index is -0.464. The molecule has 0 aromatic heterocycles.